The molecule has 1 aliphatic rings. The number of nitrogens with zero attached hydrogens (tertiary/aromatic N) is 1. The van der Waals surface area contributed by atoms with Gasteiger partial charge in [0, 0.05) is 26.2 Å². The number of fused-ring (bicyclic) bond motifs is 1. The SMILES string of the molecule is CN(C)c1ccc(C(F)(F)F)cc1NC(=O)C1CC(=O)Nc2ccccc21. The van der Waals surface area contributed by atoms with Crippen LogP contribution in [0.25, 0.3) is 0 Å². The molecule has 5 nitrogen and oxygen atoms in total. The van der Waals surface area contributed by atoms with Crippen LogP contribution >= 0.6 is 0 Å². The molecular weight excluding hydrogens is 359 g/mol. The molecule has 1 heterocycles. The van der Waals surface area contributed by atoms with Crippen LogP contribution in [-0.4, -0.2) is 25.9 Å². The first kappa shape index (κ1) is 18.8. The highest BCUT2D eigenvalue weighted by molar-refractivity contribution is 6.06. The smallest absolute Gasteiger partial charge is 0.376 e. The molecule has 0 aliphatic carbocycles. The number of nitrogens with one attached hydrogen (secondary N) is 2. The molecule has 27 heavy (non-hydrogen) atoms. The summed E-state index contributed by atoms with van der Waals surface area (Å²) in [4.78, 5) is 26.3. The van der Waals surface area contributed by atoms with E-state index >= 15 is 0 Å². The van der Waals surface area contributed by atoms with E-state index in [1.807, 2.05) is 0 Å². The lowest BCUT2D eigenvalue weighted by Crippen LogP contribution is -2.31. The number of carbonyl (C=O) groups is 2. The van der Waals surface area contributed by atoms with E-state index in [0.717, 1.165) is 12.1 Å². The van der Waals surface area contributed by atoms with Crippen LogP contribution in [0.4, 0.5) is 30.2 Å². The molecule has 0 saturated heterocycles. The third kappa shape index (κ3) is 3.89. The van der Waals surface area contributed by atoms with Gasteiger partial charge in [0.2, 0.25) is 11.8 Å². The Balaban J connectivity index is 1.95. The first-order chi connectivity index (χ1) is 12.7. The van der Waals surface area contributed by atoms with Crippen LogP contribution in [0.3, 0.4) is 0 Å². The number of rotatable bonds is 3. The van der Waals surface area contributed by atoms with Gasteiger partial charge in [0.1, 0.15) is 0 Å². The third-order valence-corrected chi connectivity index (χ3v) is 4.38. The molecule has 1 unspecified atom stereocenters. The maximum atomic E-state index is 13.1. The average molecular weight is 377 g/mol. The number of hydrogen-bond donors (Lipinski definition) is 2. The Morgan fingerprint density at radius 2 is 1.89 bits per heavy atom. The summed E-state index contributed by atoms with van der Waals surface area (Å²) in [6, 6.07) is 10.1. The molecule has 2 amide bonds. The van der Waals surface area contributed by atoms with Gasteiger partial charge in [0.25, 0.3) is 0 Å². The van der Waals surface area contributed by atoms with Crippen molar-refractivity contribution in [3.63, 3.8) is 0 Å². The summed E-state index contributed by atoms with van der Waals surface area (Å²) in [7, 11) is 3.34. The van der Waals surface area contributed by atoms with Crippen molar-refractivity contribution in [3.8, 4) is 0 Å². The van der Waals surface area contributed by atoms with Gasteiger partial charge < -0.3 is 15.5 Å². The predicted molar refractivity (Wildman–Crippen MR) is 96.8 cm³/mol. The number of carbonyl (C=O) groups excluding carboxylic acids is 2. The molecule has 0 spiro atoms. The van der Waals surface area contributed by atoms with Crippen LogP contribution in [0.2, 0.25) is 0 Å². The van der Waals surface area contributed by atoms with E-state index in [2.05, 4.69) is 10.6 Å². The lowest BCUT2D eigenvalue weighted by Gasteiger charge is -2.26. The van der Waals surface area contributed by atoms with Crippen molar-refractivity contribution in [1.82, 2.24) is 0 Å². The number of anilines is 3. The Hall–Kier alpha value is -3.03. The highest BCUT2D eigenvalue weighted by atomic mass is 19.4. The van der Waals surface area contributed by atoms with Crippen LogP contribution in [0.15, 0.2) is 42.5 Å². The van der Waals surface area contributed by atoms with Gasteiger partial charge >= 0.3 is 6.18 Å². The number of alkyl halides is 3. The van der Waals surface area contributed by atoms with E-state index in [1.54, 1.807) is 43.3 Å². The molecule has 0 bridgehead atoms. The molecule has 0 radical (unpaired) electrons. The van der Waals surface area contributed by atoms with Gasteiger partial charge in [-0.3, -0.25) is 9.59 Å². The summed E-state index contributed by atoms with van der Waals surface area (Å²) >= 11 is 0. The van der Waals surface area contributed by atoms with Crippen LogP contribution < -0.4 is 15.5 Å². The van der Waals surface area contributed by atoms with Crippen molar-refractivity contribution in [2.24, 2.45) is 0 Å². The van der Waals surface area contributed by atoms with Crippen molar-refractivity contribution < 1.29 is 22.8 Å². The van der Waals surface area contributed by atoms with Crippen LogP contribution in [0.1, 0.15) is 23.5 Å². The number of para-hydroxylation sites is 1. The van der Waals surface area contributed by atoms with E-state index < -0.39 is 23.6 Å². The average Bonchev–Trinajstić information content (AvgIpc) is 2.59. The van der Waals surface area contributed by atoms with Crippen LogP contribution in [0, 0.1) is 0 Å². The molecule has 2 aromatic rings. The van der Waals surface area contributed by atoms with Crippen molar-refractivity contribution in [1.29, 1.82) is 0 Å². The summed E-state index contributed by atoms with van der Waals surface area (Å²) in [6.45, 7) is 0. The van der Waals surface area contributed by atoms with Gasteiger partial charge in [0.05, 0.1) is 22.9 Å². The maximum absolute atomic E-state index is 13.1. The van der Waals surface area contributed by atoms with E-state index in [1.165, 1.54) is 6.07 Å². The minimum Gasteiger partial charge on any atom is -0.376 e. The molecule has 0 saturated carbocycles. The second kappa shape index (κ2) is 6.94. The fourth-order valence-electron chi connectivity index (χ4n) is 3.07. The van der Waals surface area contributed by atoms with E-state index in [9.17, 15) is 22.8 Å². The summed E-state index contributed by atoms with van der Waals surface area (Å²) < 4.78 is 39.2. The molecule has 0 fully saturated rings. The van der Waals surface area contributed by atoms with E-state index in [4.69, 9.17) is 0 Å². The van der Waals surface area contributed by atoms with Gasteiger partial charge in [-0.15, -0.1) is 0 Å². The molecular formula is C19H18F3N3O2. The van der Waals surface area contributed by atoms with Gasteiger partial charge in [0.15, 0.2) is 0 Å². The summed E-state index contributed by atoms with van der Waals surface area (Å²) in [5.41, 5.74) is 0.789. The molecule has 2 N–H and O–H groups in total. The standard InChI is InChI=1S/C19H18F3N3O2/c1-25(2)16-8-7-11(19(20,21)22)9-15(16)24-18(27)13-10-17(26)23-14-6-4-3-5-12(13)14/h3-9,13H,10H2,1-2H3,(H,23,26)(H,24,27). The van der Waals surface area contributed by atoms with Gasteiger partial charge in [-0.05, 0) is 29.8 Å². The molecule has 3 rings (SSSR count). The zero-order valence-electron chi connectivity index (χ0n) is 14.7. The molecule has 8 heteroatoms. The number of hydrogen-bond acceptors (Lipinski definition) is 3. The topological polar surface area (TPSA) is 61.4 Å². The number of benzene rings is 2. The summed E-state index contributed by atoms with van der Waals surface area (Å²) in [5, 5.41) is 5.27. The second-order valence-electron chi connectivity index (χ2n) is 6.51. The molecule has 2 aromatic carbocycles. The minimum absolute atomic E-state index is 0.0447. The normalized spacial score (nSPS) is 16.3. The highest BCUT2D eigenvalue weighted by Gasteiger charge is 2.33. The first-order valence-electron chi connectivity index (χ1n) is 8.25. The third-order valence-electron chi connectivity index (χ3n) is 4.38. The highest BCUT2D eigenvalue weighted by Crippen LogP contribution is 2.37. The van der Waals surface area contributed by atoms with Gasteiger partial charge in [-0.1, -0.05) is 18.2 Å². The number of amides is 2. The zero-order valence-corrected chi connectivity index (χ0v) is 14.7. The summed E-state index contributed by atoms with van der Waals surface area (Å²) in [5.74, 6) is -1.62. The first-order valence-corrected chi connectivity index (χ1v) is 8.25. The Bertz CT molecular complexity index is 894. The predicted octanol–water partition coefficient (Wildman–Crippen LogP) is 3.84. The van der Waals surface area contributed by atoms with Crippen LogP contribution in [0.5, 0.6) is 0 Å². The fraction of sp³-hybridized carbons (Fsp3) is 0.263. The van der Waals surface area contributed by atoms with Gasteiger partial charge in [-0.25, -0.2) is 0 Å². The van der Waals surface area contributed by atoms with Crippen molar-refractivity contribution in [3.05, 3.63) is 53.6 Å². The van der Waals surface area contributed by atoms with Crippen molar-refractivity contribution in [2.75, 3.05) is 29.6 Å². The minimum atomic E-state index is -4.53. The lowest BCUT2D eigenvalue weighted by atomic mass is 9.89. The van der Waals surface area contributed by atoms with Crippen LogP contribution in [-0.2, 0) is 15.8 Å². The van der Waals surface area contributed by atoms with Crippen molar-refractivity contribution >= 4 is 28.9 Å². The largest absolute Gasteiger partial charge is 0.416 e. The summed E-state index contributed by atoms with van der Waals surface area (Å²) in [6.07, 6.45) is -4.60. The molecule has 0 aromatic heterocycles. The fourth-order valence-corrected chi connectivity index (χ4v) is 3.07. The molecule has 142 valence electrons. The maximum Gasteiger partial charge on any atom is 0.416 e. The van der Waals surface area contributed by atoms with Crippen molar-refractivity contribution in [2.45, 2.75) is 18.5 Å². The Labute approximate surface area is 154 Å². The number of halogens is 3. The molecule has 1 aliphatic heterocycles. The Morgan fingerprint density at radius 1 is 1.19 bits per heavy atom. The van der Waals surface area contributed by atoms with E-state index in [-0.39, 0.29) is 18.0 Å². The molecule has 1 atom stereocenters. The second-order valence-corrected chi connectivity index (χ2v) is 6.51. The Kier molecular flexibility index (Phi) is 4.82. The quantitative estimate of drug-likeness (QED) is 0.855. The van der Waals surface area contributed by atoms with E-state index in [0.29, 0.717) is 16.9 Å². The monoisotopic (exact) mass is 377 g/mol. The zero-order chi connectivity index (χ0) is 19.8. The Morgan fingerprint density at radius 3 is 2.56 bits per heavy atom. The lowest BCUT2D eigenvalue weighted by molar-refractivity contribution is -0.137. The van der Waals surface area contributed by atoms with Gasteiger partial charge in [-0.2, -0.15) is 13.2 Å².